The molecular weight excluding hydrogens is 511 g/mol. The van der Waals surface area contributed by atoms with E-state index in [4.69, 9.17) is 14.2 Å². The number of halogens is 1. The monoisotopic (exact) mass is 548 g/mol. The van der Waals surface area contributed by atoms with Crippen LogP contribution in [0.1, 0.15) is 38.8 Å². The van der Waals surface area contributed by atoms with Crippen LogP contribution in [-0.4, -0.2) is 70.4 Å². The van der Waals surface area contributed by atoms with Gasteiger partial charge in [0, 0.05) is 33.2 Å². The van der Waals surface area contributed by atoms with Gasteiger partial charge in [0.2, 0.25) is 5.91 Å². The minimum absolute atomic E-state index is 0. The van der Waals surface area contributed by atoms with Crippen molar-refractivity contribution in [1.29, 1.82) is 0 Å². The van der Waals surface area contributed by atoms with Crippen molar-refractivity contribution in [3.05, 3.63) is 23.8 Å². The third-order valence-electron chi connectivity index (χ3n) is 4.87. The molecule has 2 rings (SSSR count). The number of nitrogens with one attached hydrogen (secondary N) is 2. The van der Waals surface area contributed by atoms with E-state index in [1.54, 1.807) is 14.1 Å². The summed E-state index contributed by atoms with van der Waals surface area (Å²) >= 11 is 0. The fourth-order valence-corrected chi connectivity index (χ4v) is 3.05. The van der Waals surface area contributed by atoms with Crippen molar-refractivity contribution in [2.45, 2.75) is 33.2 Å². The highest BCUT2D eigenvalue weighted by molar-refractivity contribution is 14.0. The number of hydrogen-bond donors (Lipinski definition) is 2. The zero-order valence-corrected chi connectivity index (χ0v) is 21.6. The number of hydrogen-bond acceptors (Lipinski definition) is 5. The number of aliphatic imine (C=N–C) groups is 1. The molecule has 2 N–H and O–H groups in total. The highest BCUT2D eigenvalue weighted by atomic mass is 127. The maximum atomic E-state index is 12.0. The number of carbonyl (C=O) groups is 1. The molecule has 0 aliphatic carbocycles. The van der Waals surface area contributed by atoms with Crippen LogP contribution in [-0.2, 0) is 9.53 Å². The lowest BCUT2D eigenvalue weighted by molar-refractivity contribution is -0.127. The molecule has 2 unspecified atom stereocenters. The van der Waals surface area contributed by atoms with E-state index in [1.807, 2.05) is 32.0 Å². The average molecular weight is 548 g/mol. The summed E-state index contributed by atoms with van der Waals surface area (Å²) in [6, 6.07) is 5.89. The Morgan fingerprint density at radius 3 is 2.58 bits per heavy atom. The first-order chi connectivity index (χ1) is 14.4. The van der Waals surface area contributed by atoms with E-state index in [1.165, 1.54) is 4.90 Å². The van der Waals surface area contributed by atoms with E-state index in [0.29, 0.717) is 25.1 Å². The number of rotatable bonds is 10. The molecule has 2 atom stereocenters. The molecule has 31 heavy (non-hydrogen) atoms. The Morgan fingerprint density at radius 1 is 1.26 bits per heavy atom. The Kier molecular flexibility index (Phi) is 12.6. The van der Waals surface area contributed by atoms with Gasteiger partial charge in [-0.1, -0.05) is 6.07 Å². The fraction of sp³-hybridized carbons (Fsp3) is 0.636. The van der Waals surface area contributed by atoms with Crippen molar-refractivity contribution in [2.24, 2.45) is 10.9 Å². The highest BCUT2D eigenvalue weighted by Crippen LogP contribution is 2.30. The zero-order chi connectivity index (χ0) is 21.9. The van der Waals surface area contributed by atoms with Gasteiger partial charge < -0.3 is 29.7 Å². The quantitative estimate of drug-likeness (QED) is 0.266. The minimum Gasteiger partial charge on any atom is -0.490 e. The van der Waals surface area contributed by atoms with E-state index in [2.05, 4.69) is 22.5 Å². The molecular formula is C22H37IN4O4. The van der Waals surface area contributed by atoms with Crippen LogP contribution in [0.2, 0.25) is 0 Å². The molecule has 1 aliphatic heterocycles. The number of amides is 1. The van der Waals surface area contributed by atoms with Crippen molar-refractivity contribution >= 4 is 35.8 Å². The van der Waals surface area contributed by atoms with E-state index in [0.717, 1.165) is 43.2 Å². The fourth-order valence-electron chi connectivity index (χ4n) is 3.05. The summed E-state index contributed by atoms with van der Waals surface area (Å²) in [7, 11) is 3.46. The van der Waals surface area contributed by atoms with E-state index in [-0.39, 0.29) is 42.5 Å². The van der Waals surface area contributed by atoms with Gasteiger partial charge in [-0.3, -0.25) is 4.79 Å². The second-order valence-electron chi connectivity index (χ2n) is 7.50. The van der Waals surface area contributed by atoms with E-state index >= 15 is 0 Å². The molecule has 0 spiro atoms. The van der Waals surface area contributed by atoms with Crippen molar-refractivity contribution in [2.75, 3.05) is 53.6 Å². The summed E-state index contributed by atoms with van der Waals surface area (Å²) in [6.45, 7) is 9.49. The smallest absolute Gasteiger partial charge is 0.243 e. The molecule has 1 fully saturated rings. The van der Waals surface area contributed by atoms with Crippen LogP contribution >= 0.6 is 24.0 Å². The molecule has 0 saturated carbocycles. The lowest BCUT2D eigenvalue weighted by Crippen LogP contribution is -2.42. The molecule has 0 radical (unpaired) electrons. The van der Waals surface area contributed by atoms with Crippen LogP contribution in [0.3, 0.4) is 0 Å². The summed E-state index contributed by atoms with van der Waals surface area (Å²) in [5, 5.41) is 6.76. The van der Waals surface area contributed by atoms with Crippen LogP contribution in [0, 0.1) is 5.92 Å². The van der Waals surface area contributed by atoms with E-state index < -0.39 is 0 Å². The zero-order valence-electron chi connectivity index (χ0n) is 19.3. The lowest BCUT2D eigenvalue weighted by atomic mass is 10.1. The van der Waals surface area contributed by atoms with Crippen LogP contribution in [0.5, 0.6) is 11.5 Å². The van der Waals surface area contributed by atoms with Crippen molar-refractivity contribution < 1.29 is 19.0 Å². The second kappa shape index (κ2) is 14.3. The van der Waals surface area contributed by atoms with Gasteiger partial charge in [-0.05, 0) is 44.9 Å². The van der Waals surface area contributed by atoms with Crippen LogP contribution in [0.15, 0.2) is 23.2 Å². The Balaban J connectivity index is 0.00000480. The van der Waals surface area contributed by atoms with Crippen LogP contribution < -0.4 is 20.1 Å². The van der Waals surface area contributed by atoms with Gasteiger partial charge in [-0.15, -0.1) is 24.0 Å². The largest absolute Gasteiger partial charge is 0.490 e. The van der Waals surface area contributed by atoms with E-state index in [9.17, 15) is 4.79 Å². The predicted molar refractivity (Wildman–Crippen MR) is 134 cm³/mol. The molecule has 0 aromatic heterocycles. The summed E-state index contributed by atoms with van der Waals surface area (Å²) in [4.78, 5) is 18.0. The van der Waals surface area contributed by atoms with Gasteiger partial charge in [-0.2, -0.15) is 0 Å². The minimum atomic E-state index is -0.0485. The summed E-state index contributed by atoms with van der Waals surface area (Å²) in [5.74, 6) is 2.47. The predicted octanol–water partition coefficient (Wildman–Crippen LogP) is 2.82. The maximum absolute atomic E-state index is 12.0. The van der Waals surface area contributed by atoms with Gasteiger partial charge in [0.15, 0.2) is 17.5 Å². The summed E-state index contributed by atoms with van der Waals surface area (Å²) < 4.78 is 16.8. The highest BCUT2D eigenvalue weighted by Gasteiger charge is 2.18. The Morgan fingerprint density at radius 2 is 1.97 bits per heavy atom. The number of likely N-dealkylation sites (N-methyl/N-ethyl adjacent to an activating group) is 1. The average Bonchev–Trinajstić information content (AvgIpc) is 3.24. The van der Waals surface area contributed by atoms with Gasteiger partial charge in [0.1, 0.15) is 6.54 Å². The Bertz CT molecular complexity index is 709. The normalized spacial score (nSPS) is 16.8. The number of guanidine groups is 1. The SMILES string of the molecule is CCOc1ccc(C(C)NC(=NCC(=O)N(C)C)NCC2CCOC2)cc1OCC.I. The molecule has 9 heteroatoms. The molecule has 1 heterocycles. The first-order valence-electron chi connectivity index (χ1n) is 10.7. The summed E-state index contributed by atoms with van der Waals surface area (Å²) in [5.41, 5.74) is 1.04. The molecule has 1 aliphatic rings. The first kappa shape index (κ1) is 27.3. The Labute approximate surface area is 203 Å². The molecule has 1 aromatic carbocycles. The maximum Gasteiger partial charge on any atom is 0.243 e. The molecule has 1 saturated heterocycles. The number of benzene rings is 1. The molecule has 176 valence electrons. The van der Waals surface area contributed by atoms with Gasteiger partial charge >= 0.3 is 0 Å². The van der Waals surface area contributed by atoms with Crippen molar-refractivity contribution in [3.8, 4) is 11.5 Å². The topological polar surface area (TPSA) is 84.4 Å². The van der Waals surface area contributed by atoms with Crippen LogP contribution in [0.4, 0.5) is 0 Å². The van der Waals surface area contributed by atoms with Crippen molar-refractivity contribution in [3.63, 3.8) is 0 Å². The summed E-state index contributed by atoms with van der Waals surface area (Å²) in [6.07, 6.45) is 1.03. The number of nitrogens with zero attached hydrogens (tertiary/aromatic N) is 2. The standard InChI is InChI=1S/C22H36N4O4.HI/c1-6-29-19-9-8-18(12-20(19)30-7-2)16(3)25-22(24-14-21(27)26(4)5)23-13-17-10-11-28-15-17;/h8-9,12,16-17H,6-7,10-11,13-15H2,1-5H3,(H2,23,24,25);1H. The third-order valence-corrected chi connectivity index (χ3v) is 4.87. The third kappa shape index (κ3) is 9.10. The molecule has 0 bridgehead atoms. The van der Waals surface area contributed by atoms with Crippen molar-refractivity contribution in [1.82, 2.24) is 15.5 Å². The van der Waals surface area contributed by atoms with Crippen LogP contribution in [0.25, 0.3) is 0 Å². The van der Waals surface area contributed by atoms with Gasteiger partial charge in [-0.25, -0.2) is 4.99 Å². The second-order valence-corrected chi connectivity index (χ2v) is 7.50. The number of carbonyl (C=O) groups excluding carboxylic acids is 1. The number of ether oxygens (including phenoxy) is 3. The molecule has 1 aromatic rings. The van der Waals surface area contributed by atoms with Gasteiger partial charge in [0.25, 0.3) is 0 Å². The molecule has 8 nitrogen and oxygen atoms in total. The first-order valence-corrected chi connectivity index (χ1v) is 10.7. The molecule has 1 amide bonds. The lowest BCUT2D eigenvalue weighted by Gasteiger charge is -2.21. The van der Waals surface area contributed by atoms with Gasteiger partial charge in [0.05, 0.1) is 25.9 Å². The Hall–Kier alpha value is -1.75.